The van der Waals surface area contributed by atoms with E-state index in [4.69, 9.17) is 11.6 Å². The quantitative estimate of drug-likeness (QED) is 0.597. The number of aromatic nitrogens is 2. The molecule has 1 heterocycles. The normalized spacial score (nSPS) is 7.17. The lowest BCUT2D eigenvalue weighted by atomic mass is 10.7. The fourth-order valence-corrected chi connectivity index (χ4v) is 0.403. The zero-order chi connectivity index (χ0) is 9.98. The number of nitrogens with zero attached hydrogens (tertiary/aromatic N) is 2. The van der Waals surface area contributed by atoms with Crippen molar-refractivity contribution in [2.24, 2.45) is 0 Å². The Balaban J connectivity index is 0. The minimum atomic E-state index is -0.679. The van der Waals surface area contributed by atoms with Crippen LogP contribution in [0.3, 0.4) is 0 Å². The molecule has 1 aromatic heterocycles. The summed E-state index contributed by atoms with van der Waals surface area (Å²) < 4.78 is 21.5. The maximum Gasteiger partial charge on any atom is 0.234 e. The Labute approximate surface area is 75.6 Å². The van der Waals surface area contributed by atoms with Crippen molar-refractivity contribution in [3.8, 4) is 0 Å². The van der Waals surface area contributed by atoms with Gasteiger partial charge in [-0.15, -0.1) is 0 Å². The lowest BCUT2D eigenvalue weighted by Gasteiger charge is -1.85. The summed E-state index contributed by atoms with van der Waals surface area (Å²) in [6.07, 6.45) is 2.30. The number of rotatable bonds is 0. The van der Waals surface area contributed by atoms with Crippen LogP contribution in [-0.4, -0.2) is 17.1 Å². The zero-order valence-corrected chi connectivity index (χ0v) is 7.94. The van der Waals surface area contributed by atoms with Gasteiger partial charge < -0.3 is 0 Å². The van der Waals surface area contributed by atoms with Gasteiger partial charge in [0.25, 0.3) is 0 Å². The monoisotopic (exact) mass is 196 g/mol. The van der Waals surface area contributed by atoms with E-state index in [9.17, 15) is 8.78 Å². The Kier molecular flexibility index (Phi) is 11.8. The summed E-state index contributed by atoms with van der Waals surface area (Å²) in [4.78, 5) is 6.63. The molecule has 70 valence electrons. The highest BCUT2D eigenvalue weighted by molar-refractivity contribution is 6.30. The highest BCUT2D eigenvalue weighted by Crippen LogP contribution is 2.06. The van der Waals surface area contributed by atoms with Gasteiger partial charge in [0.05, 0.1) is 13.4 Å². The first kappa shape index (κ1) is 13.8. The van der Waals surface area contributed by atoms with E-state index in [1.807, 2.05) is 13.8 Å². The molecule has 0 fully saturated rings. The first-order chi connectivity index (χ1) is 5.80. The summed E-state index contributed by atoms with van der Waals surface area (Å²) in [5.74, 6) is -0.679. The Bertz CT molecular complexity index is 176. The van der Waals surface area contributed by atoms with Gasteiger partial charge in [0.2, 0.25) is 5.95 Å². The van der Waals surface area contributed by atoms with E-state index in [2.05, 4.69) is 9.97 Å². The minimum absolute atomic E-state index is 0.0486. The molecule has 0 saturated heterocycles. The summed E-state index contributed by atoms with van der Waals surface area (Å²) in [7, 11) is 0.500. The van der Waals surface area contributed by atoms with Crippen LogP contribution < -0.4 is 0 Å². The molecule has 0 saturated carbocycles. The van der Waals surface area contributed by atoms with Gasteiger partial charge >= 0.3 is 0 Å². The third kappa shape index (κ3) is 5.97. The number of halogens is 3. The molecule has 2 nitrogen and oxygen atoms in total. The lowest BCUT2D eigenvalue weighted by molar-refractivity contribution is 0.580. The molecule has 1 aromatic rings. The van der Waals surface area contributed by atoms with Crippen LogP contribution in [0, 0.1) is 5.95 Å². The van der Waals surface area contributed by atoms with Crippen LogP contribution in [-0.2, 0) is 0 Å². The number of hydrogen-bond donors (Lipinski definition) is 0. The number of hydrogen-bond acceptors (Lipinski definition) is 2. The Morgan fingerprint density at radius 3 is 2.08 bits per heavy atom. The van der Waals surface area contributed by atoms with Gasteiger partial charge in [-0.2, -0.15) is 4.39 Å². The fourth-order valence-electron chi connectivity index (χ4n) is 0.298. The molecule has 0 N–H and O–H groups in total. The van der Waals surface area contributed by atoms with E-state index in [0.29, 0.717) is 7.18 Å². The molecule has 0 spiro atoms. The smallest absolute Gasteiger partial charge is 0.234 e. The molecular weight excluding hydrogens is 186 g/mol. The molecule has 0 bridgehead atoms. The molecule has 0 atom stereocenters. The van der Waals surface area contributed by atoms with E-state index in [1.54, 1.807) is 0 Å². The predicted octanol–water partition coefficient (Wildman–Crippen LogP) is 2.88. The van der Waals surface area contributed by atoms with Crippen molar-refractivity contribution in [1.29, 1.82) is 0 Å². The first-order valence-electron chi connectivity index (χ1n) is 3.29. The third-order valence-electron chi connectivity index (χ3n) is 0.623. The molecule has 5 heteroatoms. The van der Waals surface area contributed by atoms with Gasteiger partial charge in [-0.05, 0) is 0 Å². The van der Waals surface area contributed by atoms with Gasteiger partial charge in [-0.1, -0.05) is 25.4 Å². The van der Waals surface area contributed by atoms with Crippen LogP contribution >= 0.6 is 11.6 Å². The summed E-state index contributed by atoms with van der Waals surface area (Å²) in [5, 5.41) is -0.0486. The van der Waals surface area contributed by atoms with E-state index in [0.717, 1.165) is 6.33 Å². The van der Waals surface area contributed by atoms with E-state index >= 15 is 0 Å². The van der Waals surface area contributed by atoms with Crippen molar-refractivity contribution >= 4 is 11.6 Å². The lowest BCUT2D eigenvalue weighted by Crippen LogP contribution is -1.82. The molecule has 0 aromatic carbocycles. The standard InChI is InChI=1S/C4H2ClFN2.C2H6.CH3F/c5-3-1-7-2-8-4(3)6;2*1-2/h1-2H;1-2H3;1H3. The molecule has 1 rings (SSSR count). The molecule has 0 amide bonds. The van der Waals surface area contributed by atoms with Crippen molar-refractivity contribution in [1.82, 2.24) is 9.97 Å². The first-order valence-corrected chi connectivity index (χ1v) is 3.67. The second kappa shape index (κ2) is 10.2. The van der Waals surface area contributed by atoms with Gasteiger partial charge in [-0.25, -0.2) is 9.97 Å². The van der Waals surface area contributed by atoms with Crippen molar-refractivity contribution in [2.75, 3.05) is 7.18 Å². The SMILES string of the molecule is CC.CF.Fc1ncncc1Cl. The average molecular weight is 197 g/mol. The van der Waals surface area contributed by atoms with Gasteiger partial charge in [0, 0.05) is 0 Å². The van der Waals surface area contributed by atoms with Crippen LogP contribution in [0.15, 0.2) is 12.5 Å². The topological polar surface area (TPSA) is 25.8 Å². The van der Waals surface area contributed by atoms with Crippen molar-refractivity contribution < 1.29 is 8.78 Å². The summed E-state index contributed by atoms with van der Waals surface area (Å²) in [6.45, 7) is 4.00. The average Bonchev–Trinajstić information content (AvgIpc) is 2.17. The van der Waals surface area contributed by atoms with Gasteiger partial charge in [-0.3, -0.25) is 4.39 Å². The largest absolute Gasteiger partial charge is 0.255 e. The van der Waals surface area contributed by atoms with Gasteiger partial charge in [0.1, 0.15) is 11.3 Å². The highest BCUT2D eigenvalue weighted by Gasteiger charge is 1.94. The van der Waals surface area contributed by atoms with Crippen molar-refractivity contribution in [3.05, 3.63) is 23.5 Å². The molecule has 0 unspecified atom stereocenters. The predicted molar refractivity (Wildman–Crippen MR) is 45.4 cm³/mol. The summed E-state index contributed by atoms with van der Waals surface area (Å²) in [6, 6.07) is 0. The molecular formula is C7H11ClF2N2. The summed E-state index contributed by atoms with van der Waals surface area (Å²) in [5.41, 5.74) is 0. The maximum absolute atomic E-state index is 12.0. The minimum Gasteiger partial charge on any atom is -0.255 e. The second-order valence-corrected chi connectivity index (χ2v) is 1.57. The molecule has 0 aliphatic rings. The molecule has 12 heavy (non-hydrogen) atoms. The van der Waals surface area contributed by atoms with E-state index in [1.165, 1.54) is 6.20 Å². The van der Waals surface area contributed by atoms with Gasteiger partial charge in [0.15, 0.2) is 0 Å². The maximum atomic E-state index is 12.0. The Morgan fingerprint density at radius 2 is 1.83 bits per heavy atom. The molecule has 0 radical (unpaired) electrons. The van der Waals surface area contributed by atoms with Crippen molar-refractivity contribution in [2.45, 2.75) is 13.8 Å². The molecule has 0 aliphatic heterocycles. The summed E-state index contributed by atoms with van der Waals surface area (Å²) >= 11 is 5.21. The fraction of sp³-hybridized carbons (Fsp3) is 0.429. The zero-order valence-electron chi connectivity index (χ0n) is 7.18. The van der Waals surface area contributed by atoms with Crippen LogP contribution in [0.2, 0.25) is 5.02 Å². The molecule has 0 aliphatic carbocycles. The third-order valence-corrected chi connectivity index (χ3v) is 0.876. The van der Waals surface area contributed by atoms with Crippen molar-refractivity contribution in [3.63, 3.8) is 0 Å². The Hall–Kier alpha value is -0.770. The van der Waals surface area contributed by atoms with E-state index in [-0.39, 0.29) is 5.02 Å². The van der Waals surface area contributed by atoms with E-state index < -0.39 is 5.95 Å². The van der Waals surface area contributed by atoms with Crippen LogP contribution in [0.1, 0.15) is 13.8 Å². The Morgan fingerprint density at radius 1 is 1.33 bits per heavy atom. The van der Waals surface area contributed by atoms with Crippen LogP contribution in [0.25, 0.3) is 0 Å². The van der Waals surface area contributed by atoms with Crippen LogP contribution in [0.4, 0.5) is 8.78 Å². The number of alkyl halides is 1. The second-order valence-electron chi connectivity index (χ2n) is 1.16. The highest BCUT2D eigenvalue weighted by atomic mass is 35.5. The van der Waals surface area contributed by atoms with Crippen LogP contribution in [0.5, 0.6) is 0 Å².